The molecule has 1 aromatic carbocycles. The number of anilines is 1. The summed E-state index contributed by atoms with van der Waals surface area (Å²) >= 11 is 0. The number of hydrogen-bond donors (Lipinski definition) is 5. The summed E-state index contributed by atoms with van der Waals surface area (Å²) in [6.45, 7) is 1.17. The van der Waals surface area contributed by atoms with E-state index in [0.29, 0.717) is 24.5 Å². The van der Waals surface area contributed by atoms with Crippen molar-refractivity contribution in [2.75, 3.05) is 25.5 Å². The van der Waals surface area contributed by atoms with Gasteiger partial charge in [-0.1, -0.05) is 0 Å². The van der Waals surface area contributed by atoms with Crippen molar-refractivity contribution in [1.82, 2.24) is 15.5 Å². The number of rotatable bonds is 4. The predicted molar refractivity (Wildman–Crippen MR) is 90.3 cm³/mol. The van der Waals surface area contributed by atoms with Crippen LogP contribution in [0, 0.1) is 0 Å². The van der Waals surface area contributed by atoms with Crippen LogP contribution in [0.2, 0.25) is 0 Å². The lowest BCUT2D eigenvalue weighted by Crippen LogP contribution is -2.71. The second kappa shape index (κ2) is 6.46. The van der Waals surface area contributed by atoms with E-state index in [1.165, 1.54) is 0 Å². The van der Waals surface area contributed by atoms with E-state index in [0.717, 1.165) is 5.69 Å². The highest BCUT2D eigenvalue weighted by molar-refractivity contribution is 6.09. The second-order valence-electron chi connectivity index (χ2n) is 5.90. The summed E-state index contributed by atoms with van der Waals surface area (Å²) in [6.07, 6.45) is -0.598. The normalized spacial score (nSPS) is 26.7. The van der Waals surface area contributed by atoms with Crippen molar-refractivity contribution in [2.45, 2.75) is 18.4 Å². The van der Waals surface area contributed by atoms with Crippen molar-refractivity contribution < 1.29 is 9.59 Å². The zero-order valence-electron chi connectivity index (χ0n) is 13.3. The first-order chi connectivity index (χ1) is 11.5. The van der Waals surface area contributed by atoms with Crippen LogP contribution < -0.4 is 27.4 Å². The standard InChI is InChI=1S/C15H21N7O2/c1-22-10(6-18-9-4-2-8(3-5-9)12(16)23)7-19-13-11(22)14(24)21-15(17)20-13/h2-5,10-11,15,18H,6-7,17H2,1H3,(H2,16,23)(H,19,20)(H,21,24)/t10-,11?,15?/m0/s1. The third-order valence-electron chi connectivity index (χ3n) is 4.28. The van der Waals surface area contributed by atoms with E-state index < -0.39 is 18.2 Å². The van der Waals surface area contributed by atoms with E-state index in [4.69, 9.17) is 11.5 Å². The highest BCUT2D eigenvalue weighted by Crippen LogP contribution is 2.16. The molecule has 0 radical (unpaired) electrons. The summed E-state index contributed by atoms with van der Waals surface area (Å²) in [5.41, 5.74) is 12.3. The number of nitrogens with two attached hydrogens (primary N) is 2. The van der Waals surface area contributed by atoms with Crippen molar-refractivity contribution in [1.29, 1.82) is 0 Å². The maximum atomic E-state index is 12.2. The summed E-state index contributed by atoms with van der Waals surface area (Å²) in [7, 11) is 1.89. The van der Waals surface area contributed by atoms with Gasteiger partial charge in [-0.2, -0.15) is 0 Å². The zero-order valence-corrected chi connectivity index (χ0v) is 13.3. The number of carbonyl (C=O) groups excluding carboxylic acids is 2. The minimum absolute atomic E-state index is 0.0523. The summed E-state index contributed by atoms with van der Waals surface area (Å²) < 4.78 is 0. The summed E-state index contributed by atoms with van der Waals surface area (Å²) in [4.78, 5) is 29.7. The Morgan fingerprint density at radius 1 is 1.38 bits per heavy atom. The van der Waals surface area contributed by atoms with E-state index in [1.54, 1.807) is 24.3 Å². The number of nitrogens with one attached hydrogen (secondary N) is 3. The molecule has 2 amide bonds. The lowest BCUT2D eigenvalue weighted by molar-refractivity contribution is -0.126. The Kier molecular flexibility index (Phi) is 4.36. The van der Waals surface area contributed by atoms with Crippen LogP contribution in [0.25, 0.3) is 0 Å². The number of aliphatic imine (C=N–C) groups is 1. The molecule has 2 unspecified atom stereocenters. The smallest absolute Gasteiger partial charge is 0.248 e. The number of benzene rings is 1. The quantitative estimate of drug-likeness (QED) is 0.443. The molecule has 3 rings (SSSR count). The van der Waals surface area contributed by atoms with Gasteiger partial charge in [0.05, 0.1) is 6.54 Å². The van der Waals surface area contributed by atoms with Gasteiger partial charge in [0.15, 0.2) is 6.29 Å². The van der Waals surface area contributed by atoms with Gasteiger partial charge in [-0.05, 0) is 31.3 Å². The van der Waals surface area contributed by atoms with E-state index in [2.05, 4.69) is 20.9 Å². The topological polar surface area (TPSA) is 138 Å². The molecule has 7 N–H and O–H groups in total. The Morgan fingerprint density at radius 2 is 2.08 bits per heavy atom. The number of nitrogens with zero attached hydrogens (tertiary/aromatic N) is 2. The first-order valence-electron chi connectivity index (χ1n) is 7.68. The summed E-state index contributed by atoms with van der Waals surface area (Å²) in [5, 5.41) is 8.93. The van der Waals surface area contributed by atoms with Crippen molar-refractivity contribution in [3.8, 4) is 0 Å². The SMILES string of the molecule is CN1C2C(=O)NC(N)NC2=NC[C@@H]1CNc1ccc(C(N)=O)cc1. The summed E-state index contributed by atoms with van der Waals surface area (Å²) in [6, 6.07) is 6.53. The largest absolute Gasteiger partial charge is 0.383 e. The minimum atomic E-state index is -0.598. The molecule has 24 heavy (non-hydrogen) atoms. The fourth-order valence-electron chi connectivity index (χ4n) is 2.88. The third-order valence-corrected chi connectivity index (χ3v) is 4.28. The first kappa shape index (κ1) is 16.2. The molecule has 3 atom stereocenters. The Labute approximate surface area is 139 Å². The number of hydrogen-bond acceptors (Lipinski definition) is 7. The van der Waals surface area contributed by atoms with Crippen molar-refractivity contribution in [3.63, 3.8) is 0 Å². The number of carbonyl (C=O) groups is 2. The molecule has 0 spiro atoms. The number of amidine groups is 1. The molecule has 2 aliphatic rings. The monoisotopic (exact) mass is 331 g/mol. The van der Waals surface area contributed by atoms with Crippen LogP contribution in [0.15, 0.2) is 29.3 Å². The van der Waals surface area contributed by atoms with E-state index >= 15 is 0 Å². The number of primary amides is 1. The van der Waals surface area contributed by atoms with E-state index in [1.807, 2.05) is 11.9 Å². The lowest BCUT2D eigenvalue weighted by Gasteiger charge is -2.42. The van der Waals surface area contributed by atoms with Gasteiger partial charge in [0.1, 0.15) is 11.9 Å². The molecular weight excluding hydrogens is 310 g/mol. The van der Waals surface area contributed by atoms with Crippen LogP contribution in [0.3, 0.4) is 0 Å². The molecule has 9 heteroatoms. The maximum absolute atomic E-state index is 12.2. The first-order valence-corrected chi connectivity index (χ1v) is 7.68. The second-order valence-corrected chi connectivity index (χ2v) is 5.90. The molecule has 0 saturated carbocycles. The van der Waals surface area contributed by atoms with Gasteiger partial charge in [-0.15, -0.1) is 0 Å². The highest BCUT2D eigenvalue weighted by atomic mass is 16.2. The summed E-state index contributed by atoms with van der Waals surface area (Å²) in [5.74, 6) is -0.00160. The number of fused-ring (bicyclic) bond motifs is 1. The molecule has 2 aliphatic heterocycles. The van der Waals surface area contributed by atoms with Gasteiger partial charge in [-0.3, -0.25) is 25.2 Å². The molecule has 9 nitrogen and oxygen atoms in total. The van der Waals surface area contributed by atoms with Gasteiger partial charge in [0.25, 0.3) is 0 Å². The molecule has 1 saturated heterocycles. The van der Waals surface area contributed by atoms with Gasteiger partial charge >= 0.3 is 0 Å². The van der Waals surface area contributed by atoms with Crippen molar-refractivity contribution in [3.05, 3.63) is 29.8 Å². The molecule has 2 heterocycles. The predicted octanol–water partition coefficient (Wildman–Crippen LogP) is -1.76. The van der Waals surface area contributed by atoms with Crippen molar-refractivity contribution >= 4 is 23.3 Å². The van der Waals surface area contributed by atoms with Crippen LogP contribution in [0.4, 0.5) is 5.69 Å². The fourth-order valence-corrected chi connectivity index (χ4v) is 2.88. The van der Waals surface area contributed by atoms with Crippen LogP contribution >= 0.6 is 0 Å². The van der Waals surface area contributed by atoms with Crippen LogP contribution in [-0.4, -0.2) is 61.1 Å². The fraction of sp³-hybridized carbons (Fsp3) is 0.400. The average molecular weight is 331 g/mol. The third kappa shape index (κ3) is 3.17. The van der Waals surface area contributed by atoms with Gasteiger partial charge in [0.2, 0.25) is 11.8 Å². The molecule has 128 valence electrons. The Morgan fingerprint density at radius 3 is 2.75 bits per heavy atom. The number of amides is 2. The van der Waals surface area contributed by atoms with Crippen LogP contribution in [-0.2, 0) is 4.79 Å². The number of likely N-dealkylation sites (N-methyl/N-ethyl adjacent to an activating group) is 1. The molecule has 1 fully saturated rings. The van der Waals surface area contributed by atoms with Gasteiger partial charge < -0.3 is 21.7 Å². The Balaban J connectivity index is 1.64. The molecular formula is C15H21N7O2. The van der Waals surface area contributed by atoms with Crippen molar-refractivity contribution in [2.24, 2.45) is 16.5 Å². The van der Waals surface area contributed by atoms with E-state index in [-0.39, 0.29) is 11.9 Å². The Bertz CT molecular complexity index is 673. The molecule has 0 aliphatic carbocycles. The van der Waals surface area contributed by atoms with E-state index in [9.17, 15) is 9.59 Å². The molecule has 0 bridgehead atoms. The zero-order chi connectivity index (χ0) is 17.3. The maximum Gasteiger partial charge on any atom is 0.248 e. The van der Waals surface area contributed by atoms with Crippen LogP contribution in [0.1, 0.15) is 10.4 Å². The molecule has 1 aromatic rings. The van der Waals surface area contributed by atoms with Gasteiger partial charge in [0, 0.05) is 23.8 Å². The minimum Gasteiger partial charge on any atom is -0.383 e. The average Bonchev–Trinajstić information content (AvgIpc) is 2.54. The molecule has 0 aromatic heterocycles. The highest BCUT2D eigenvalue weighted by Gasteiger charge is 2.40. The van der Waals surface area contributed by atoms with Gasteiger partial charge in [-0.25, -0.2) is 0 Å². The lowest BCUT2D eigenvalue weighted by atomic mass is 10.1. The van der Waals surface area contributed by atoms with Crippen LogP contribution in [0.5, 0.6) is 0 Å². The Hall–Kier alpha value is -2.65.